The Hall–Kier alpha value is -0.120. The van der Waals surface area contributed by atoms with Crippen LogP contribution in [0.4, 0.5) is 0 Å². The van der Waals surface area contributed by atoms with E-state index in [2.05, 4.69) is 5.43 Å². The van der Waals surface area contributed by atoms with Crippen LogP contribution in [-0.4, -0.2) is 19.3 Å². The molecule has 0 saturated heterocycles. The number of hydrogen-bond acceptors (Lipinski definition) is 3. The summed E-state index contributed by atoms with van der Waals surface area (Å²) in [5.41, 5.74) is 2.90. The van der Waals surface area contributed by atoms with Crippen LogP contribution in [0.25, 0.3) is 0 Å². The number of rotatable bonds is 5. The van der Waals surface area contributed by atoms with Crippen molar-refractivity contribution in [2.45, 2.75) is 32.2 Å². The van der Waals surface area contributed by atoms with Crippen molar-refractivity contribution in [3.8, 4) is 0 Å². The van der Waals surface area contributed by atoms with E-state index < -0.39 is 0 Å². The Kier molecular flexibility index (Phi) is 2.86. The zero-order valence-corrected chi connectivity index (χ0v) is 8.33. The molecular formula is C10H20N2O. The fourth-order valence-corrected chi connectivity index (χ4v) is 2.99. The highest BCUT2D eigenvalue weighted by molar-refractivity contribution is 5.05. The second-order valence-corrected chi connectivity index (χ2v) is 4.27. The molecule has 0 spiro atoms. The van der Waals surface area contributed by atoms with Crippen molar-refractivity contribution in [3.63, 3.8) is 0 Å². The summed E-state index contributed by atoms with van der Waals surface area (Å²) < 4.78 is 5.41. The minimum absolute atomic E-state index is 0.398. The molecular weight excluding hydrogens is 164 g/mol. The second-order valence-electron chi connectivity index (χ2n) is 4.27. The smallest absolute Gasteiger partial charge is 0.0635 e. The summed E-state index contributed by atoms with van der Waals surface area (Å²) in [6, 6.07) is 0.398. The third-order valence-electron chi connectivity index (χ3n) is 3.65. The van der Waals surface area contributed by atoms with Gasteiger partial charge in [-0.05, 0) is 37.5 Å². The van der Waals surface area contributed by atoms with Gasteiger partial charge in [-0.15, -0.1) is 0 Å². The normalized spacial score (nSPS) is 38.8. The van der Waals surface area contributed by atoms with Gasteiger partial charge in [0.25, 0.3) is 0 Å². The van der Waals surface area contributed by atoms with Gasteiger partial charge in [-0.2, -0.15) is 0 Å². The standard InChI is InChI=1S/C10H20N2O/c1-2-13-6-9(12-11)10-7-4-3-5-8(7)10/h7-10,12H,2-6,11H2,1H3. The van der Waals surface area contributed by atoms with Crippen LogP contribution in [0.3, 0.4) is 0 Å². The summed E-state index contributed by atoms with van der Waals surface area (Å²) in [4.78, 5) is 0. The highest BCUT2D eigenvalue weighted by atomic mass is 16.5. The minimum atomic E-state index is 0.398. The fraction of sp³-hybridized carbons (Fsp3) is 1.00. The van der Waals surface area contributed by atoms with E-state index in [9.17, 15) is 0 Å². The topological polar surface area (TPSA) is 47.3 Å². The maximum atomic E-state index is 5.53. The van der Waals surface area contributed by atoms with Crippen molar-refractivity contribution in [1.82, 2.24) is 5.43 Å². The van der Waals surface area contributed by atoms with Crippen molar-refractivity contribution in [3.05, 3.63) is 0 Å². The first-order valence-electron chi connectivity index (χ1n) is 5.42. The van der Waals surface area contributed by atoms with Gasteiger partial charge >= 0.3 is 0 Å². The van der Waals surface area contributed by atoms with Gasteiger partial charge in [0.05, 0.1) is 6.61 Å². The summed E-state index contributed by atoms with van der Waals surface area (Å²) in [5, 5.41) is 0. The van der Waals surface area contributed by atoms with E-state index >= 15 is 0 Å². The zero-order valence-electron chi connectivity index (χ0n) is 8.33. The Morgan fingerprint density at radius 1 is 1.46 bits per heavy atom. The molecule has 0 radical (unpaired) electrons. The molecule has 2 saturated carbocycles. The molecule has 3 N–H and O–H groups in total. The van der Waals surface area contributed by atoms with Crippen molar-refractivity contribution in [2.75, 3.05) is 13.2 Å². The Balaban J connectivity index is 1.78. The average Bonchev–Trinajstić information content (AvgIpc) is 2.62. The molecule has 0 amide bonds. The lowest BCUT2D eigenvalue weighted by atomic mass is 10.1. The number of hydrogen-bond donors (Lipinski definition) is 2. The lowest BCUT2D eigenvalue weighted by Crippen LogP contribution is -2.41. The largest absolute Gasteiger partial charge is 0.380 e. The van der Waals surface area contributed by atoms with Crippen LogP contribution in [0.1, 0.15) is 26.2 Å². The van der Waals surface area contributed by atoms with E-state index in [1.165, 1.54) is 19.3 Å². The van der Waals surface area contributed by atoms with E-state index in [-0.39, 0.29) is 0 Å². The zero-order chi connectivity index (χ0) is 9.26. The van der Waals surface area contributed by atoms with Gasteiger partial charge in [0.1, 0.15) is 0 Å². The van der Waals surface area contributed by atoms with E-state index in [1.807, 2.05) is 6.92 Å². The number of nitrogens with two attached hydrogens (primary N) is 1. The molecule has 0 aromatic rings. The molecule has 2 aliphatic rings. The van der Waals surface area contributed by atoms with Gasteiger partial charge in [-0.1, -0.05) is 6.42 Å². The molecule has 3 heteroatoms. The van der Waals surface area contributed by atoms with Gasteiger partial charge in [0, 0.05) is 12.6 Å². The number of fused-ring (bicyclic) bond motifs is 1. The molecule has 3 nitrogen and oxygen atoms in total. The average molecular weight is 184 g/mol. The van der Waals surface area contributed by atoms with E-state index in [4.69, 9.17) is 10.6 Å². The summed E-state index contributed by atoms with van der Waals surface area (Å²) in [7, 11) is 0. The van der Waals surface area contributed by atoms with Crippen LogP contribution in [0.5, 0.6) is 0 Å². The lowest BCUT2D eigenvalue weighted by Gasteiger charge is -2.17. The Labute approximate surface area is 80.0 Å². The SMILES string of the molecule is CCOCC(NN)C1C2CCCC21. The number of ether oxygens (including phenoxy) is 1. The van der Waals surface area contributed by atoms with Gasteiger partial charge in [-0.25, -0.2) is 0 Å². The first kappa shape index (κ1) is 9.44. The highest BCUT2D eigenvalue weighted by Gasteiger charge is 2.55. The van der Waals surface area contributed by atoms with Gasteiger partial charge < -0.3 is 4.74 Å². The Morgan fingerprint density at radius 2 is 2.15 bits per heavy atom. The van der Waals surface area contributed by atoms with Gasteiger partial charge in [-0.3, -0.25) is 11.3 Å². The molecule has 13 heavy (non-hydrogen) atoms. The molecule has 2 rings (SSSR count). The van der Waals surface area contributed by atoms with Gasteiger partial charge in [0.2, 0.25) is 0 Å². The van der Waals surface area contributed by atoms with Crippen LogP contribution in [0.2, 0.25) is 0 Å². The third-order valence-corrected chi connectivity index (χ3v) is 3.65. The summed E-state index contributed by atoms with van der Waals surface area (Å²) in [6.07, 6.45) is 4.26. The van der Waals surface area contributed by atoms with E-state index in [0.29, 0.717) is 6.04 Å². The van der Waals surface area contributed by atoms with Crippen LogP contribution in [0.15, 0.2) is 0 Å². The third kappa shape index (κ3) is 1.73. The van der Waals surface area contributed by atoms with Crippen LogP contribution in [0, 0.1) is 17.8 Å². The predicted octanol–water partition coefficient (Wildman–Crippen LogP) is 0.901. The predicted molar refractivity (Wildman–Crippen MR) is 51.9 cm³/mol. The molecule has 2 fully saturated rings. The van der Waals surface area contributed by atoms with Crippen LogP contribution in [-0.2, 0) is 4.74 Å². The summed E-state index contributed by atoms with van der Waals surface area (Å²) in [5.74, 6) is 8.26. The number of hydrazine groups is 1. The van der Waals surface area contributed by atoms with Crippen molar-refractivity contribution in [1.29, 1.82) is 0 Å². The molecule has 0 bridgehead atoms. The van der Waals surface area contributed by atoms with E-state index in [1.54, 1.807) is 0 Å². The fourth-order valence-electron chi connectivity index (χ4n) is 2.99. The summed E-state index contributed by atoms with van der Waals surface area (Å²) >= 11 is 0. The molecule has 0 aromatic carbocycles. The van der Waals surface area contributed by atoms with Gasteiger partial charge in [0.15, 0.2) is 0 Å². The monoisotopic (exact) mass is 184 g/mol. The molecule has 0 aromatic heterocycles. The van der Waals surface area contributed by atoms with Crippen molar-refractivity contribution >= 4 is 0 Å². The Bertz CT molecular complexity index is 164. The maximum absolute atomic E-state index is 5.53. The minimum Gasteiger partial charge on any atom is -0.380 e. The Morgan fingerprint density at radius 3 is 2.69 bits per heavy atom. The second kappa shape index (κ2) is 3.95. The first-order chi connectivity index (χ1) is 6.38. The van der Waals surface area contributed by atoms with Crippen molar-refractivity contribution in [2.24, 2.45) is 23.6 Å². The van der Waals surface area contributed by atoms with Crippen LogP contribution < -0.4 is 11.3 Å². The lowest BCUT2D eigenvalue weighted by molar-refractivity contribution is 0.112. The van der Waals surface area contributed by atoms with Crippen LogP contribution >= 0.6 is 0 Å². The molecule has 0 heterocycles. The maximum Gasteiger partial charge on any atom is 0.0635 e. The molecule has 2 aliphatic carbocycles. The highest BCUT2D eigenvalue weighted by Crippen LogP contribution is 2.58. The first-order valence-corrected chi connectivity index (χ1v) is 5.42. The molecule has 76 valence electrons. The quantitative estimate of drug-likeness (QED) is 0.493. The molecule has 0 aliphatic heterocycles. The molecule has 3 atom stereocenters. The number of nitrogens with one attached hydrogen (secondary N) is 1. The van der Waals surface area contributed by atoms with Crippen molar-refractivity contribution < 1.29 is 4.74 Å². The summed E-state index contributed by atoms with van der Waals surface area (Å²) in [6.45, 7) is 3.60. The van der Waals surface area contributed by atoms with E-state index in [0.717, 1.165) is 31.0 Å². The molecule has 3 unspecified atom stereocenters.